The maximum atomic E-state index is 5.92. The van der Waals surface area contributed by atoms with Crippen LogP contribution in [0.2, 0.25) is 0 Å². The number of nitrogens with zero attached hydrogens (tertiary/aromatic N) is 1. The van der Waals surface area contributed by atoms with Crippen molar-refractivity contribution in [1.82, 2.24) is 5.32 Å². The molecule has 0 aromatic carbocycles. The molecule has 1 saturated carbocycles. The largest absolute Gasteiger partial charge is 0.378 e. The number of nitrogens with two attached hydrogens (primary N) is 1. The van der Waals surface area contributed by atoms with Crippen molar-refractivity contribution < 1.29 is 4.74 Å². The molecule has 0 spiro atoms. The summed E-state index contributed by atoms with van der Waals surface area (Å²) in [7, 11) is 0. The molecule has 4 heteroatoms. The number of hydrogen-bond acceptors (Lipinski definition) is 2. The van der Waals surface area contributed by atoms with E-state index in [-0.39, 0.29) is 5.41 Å². The van der Waals surface area contributed by atoms with Gasteiger partial charge in [-0.2, -0.15) is 0 Å². The lowest BCUT2D eigenvalue weighted by Crippen LogP contribution is -2.63. The first-order chi connectivity index (χ1) is 8.87. The molecule has 0 bridgehead atoms. The second-order valence-electron chi connectivity index (χ2n) is 6.59. The Bertz CT molecular complexity index is 300. The molecular weight excluding hydrogens is 238 g/mol. The van der Waals surface area contributed by atoms with Gasteiger partial charge >= 0.3 is 0 Å². The second-order valence-corrected chi connectivity index (χ2v) is 6.59. The summed E-state index contributed by atoms with van der Waals surface area (Å²) in [4.78, 5) is 4.35. The van der Waals surface area contributed by atoms with Gasteiger partial charge in [0.05, 0.1) is 6.10 Å². The SMILES string of the molecule is CCCCOC1CC(NC(N)=NCC(C)C)C1(C)C. The van der Waals surface area contributed by atoms with Crippen molar-refractivity contribution in [3.63, 3.8) is 0 Å². The average Bonchev–Trinajstić information content (AvgIpc) is 2.34. The van der Waals surface area contributed by atoms with Crippen molar-refractivity contribution in [2.24, 2.45) is 22.1 Å². The maximum Gasteiger partial charge on any atom is 0.188 e. The van der Waals surface area contributed by atoms with Gasteiger partial charge in [0, 0.05) is 24.6 Å². The summed E-state index contributed by atoms with van der Waals surface area (Å²) >= 11 is 0. The fraction of sp³-hybridized carbons (Fsp3) is 0.933. The van der Waals surface area contributed by atoms with Crippen molar-refractivity contribution in [1.29, 1.82) is 0 Å². The number of guanidine groups is 1. The fourth-order valence-corrected chi connectivity index (χ4v) is 2.29. The van der Waals surface area contributed by atoms with Gasteiger partial charge in [0.1, 0.15) is 0 Å². The van der Waals surface area contributed by atoms with Crippen LogP contribution in [0.25, 0.3) is 0 Å². The smallest absolute Gasteiger partial charge is 0.188 e. The number of hydrogen-bond donors (Lipinski definition) is 2. The lowest BCUT2D eigenvalue weighted by atomic mass is 9.64. The van der Waals surface area contributed by atoms with Crippen LogP contribution in [0.3, 0.4) is 0 Å². The highest BCUT2D eigenvalue weighted by Crippen LogP contribution is 2.42. The van der Waals surface area contributed by atoms with Gasteiger partial charge in [0.2, 0.25) is 0 Å². The molecule has 0 aromatic rings. The summed E-state index contributed by atoms with van der Waals surface area (Å²) < 4.78 is 5.92. The zero-order valence-corrected chi connectivity index (χ0v) is 13.2. The molecule has 0 aromatic heterocycles. The third-order valence-corrected chi connectivity index (χ3v) is 3.94. The molecule has 0 aliphatic heterocycles. The van der Waals surface area contributed by atoms with Crippen molar-refractivity contribution in [2.45, 2.75) is 66.0 Å². The fourth-order valence-electron chi connectivity index (χ4n) is 2.29. The number of unbranched alkanes of at least 4 members (excludes halogenated alkanes) is 1. The summed E-state index contributed by atoms with van der Waals surface area (Å²) in [6.45, 7) is 12.6. The van der Waals surface area contributed by atoms with Gasteiger partial charge in [0.15, 0.2) is 5.96 Å². The highest BCUT2D eigenvalue weighted by molar-refractivity contribution is 5.78. The topological polar surface area (TPSA) is 59.6 Å². The summed E-state index contributed by atoms with van der Waals surface area (Å²) in [6, 6.07) is 0.370. The molecule has 1 aliphatic carbocycles. The number of nitrogens with one attached hydrogen (secondary N) is 1. The van der Waals surface area contributed by atoms with Crippen molar-refractivity contribution in [3.8, 4) is 0 Å². The predicted octanol–water partition coefficient (Wildman–Crippen LogP) is 2.53. The average molecular weight is 269 g/mol. The van der Waals surface area contributed by atoms with Crippen molar-refractivity contribution >= 4 is 5.96 Å². The first-order valence-electron chi connectivity index (χ1n) is 7.56. The Morgan fingerprint density at radius 1 is 1.47 bits per heavy atom. The molecular formula is C15H31N3O. The quantitative estimate of drug-likeness (QED) is 0.424. The molecule has 2 unspecified atom stereocenters. The van der Waals surface area contributed by atoms with E-state index in [4.69, 9.17) is 10.5 Å². The minimum atomic E-state index is 0.131. The molecule has 2 atom stereocenters. The van der Waals surface area contributed by atoms with E-state index < -0.39 is 0 Å². The van der Waals surface area contributed by atoms with Crippen molar-refractivity contribution in [2.75, 3.05) is 13.2 Å². The van der Waals surface area contributed by atoms with Crippen LogP contribution in [0.1, 0.15) is 53.9 Å². The molecule has 19 heavy (non-hydrogen) atoms. The van der Waals surface area contributed by atoms with Crippen LogP contribution in [0, 0.1) is 11.3 Å². The Hall–Kier alpha value is -0.770. The molecule has 1 rings (SSSR count). The molecule has 0 heterocycles. The van der Waals surface area contributed by atoms with E-state index in [9.17, 15) is 0 Å². The van der Waals surface area contributed by atoms with Crippen LogP contribution in [0.4, 0.5) is 0 Å². The van der Waals surface area contributed by atoms with E-state index in [0.29, 0.717) is 24.0 Å². The van der Waals surface area contributed by atoms with Gasteiger partial charge in [-0.1, -0.05) is 41.0 Å². The lowest BCUT2D eigenvalue weighted by molar-refractivity contribution is -0.113. The molecule has 0 amide bonds. The molecule has 112 valence electrons. The Kier molecular flexibility index (Phi) is 6.11. The van der Waals surface area contributed by atoms with Crippen LogP contribution in [0.15, 0.2) is 4.99 Å². The van der Waals surface area contributed by atoms with Gasteiger partial charge in [-0.3, -0.25) is 4.99 Å². The first kappa shape index (κ1) is 16.3. The summed E-state index contributed by atoms with van der Waals surface area (Å²) in [5.74, 6) is 1.11. The summed E-state index contributed by atoms with van der Waals surface area (Å²) in [5.41, 5.74) is 6.05. The second kappa shape index (κ2) is 7.13. The monoisotopic (exact) mass is 269 g/mol. The zero-order valence-electron chi connectivity index (χ0n) is 13.2. The molecule has 0 radical (unpaired) electrons. The van der Waals surface area contributed by atoms with Crippen LogP contribution in [-0.2, 0) is 4.74 Å². The van der Waals surface area contributed by atoms with E-state index in [1.807, 2.05) is 0 Å². The van der Waals surface area contributed by atoms with Gasteiger partial charge < -0.3 is 15.8 Å². The van der Waals surface area contributed by atoms with Gasteiger partial charge in [-0.05, 0) is 18.8 Å². The molecule has 0 saturated heterocycles. The predicted molar refractivity (Wildman–Crippen MR) is 81.3 cm³/mol. The highest BCUT2D eigenvalue weighted by atomic mass is 16.5. The number of ether oxygens (including phenoxy) is 1. The van der Waals surface area contributed by atoms with Gasteiger partial charge in [-0.25, -0.2) is 0 Å². The lowest BCUT2D eigenvalue weighted by Gasteiger charge is -2.51. The molecule has 1 aliphatic rings. The molecule has 3 N–H and O–H groups in total. The van der Waals surface area contributed by atoms with E-state index in [0.717, 1.165) is 26.0 Å². The Morgan fingerprint density at radius 2 is 2.16 bits per heavy atom. The normalized spacial score (nSPS) is 26.3. The minimum Gasteiger partial charge on any atom is -0.378 e. The van der Waals surface area contributed by atoms with Gasteiger partial charge in [-0.15, -0.1) is 0 Å². The third-order valence-electron chi connectivity index (χ3n) is 3.94. The van der Waals surface area contributed by atoms with E-state index >= 15 is 0 Å². The first-order valence-corrected chi connectivity index (χ1v) is 7.56. The Morgan fingerprint density at radius 3 is 2.68 bits per heavy atom. The Labute approximate surface area is 118 Å². The minimum absolute atomic E-state index is 0.131. The van der Waals surface area contributed by atoms with Crippen LogP contribution < -0.4 is 11.1 Å². The maximum absolute atomic E-state index is 5.92. The van der Waals surface area contributed by atoms with E-state index in [2.05, 4.69) is 44.9 Å². The Balaban J connectivity index is 2.36. The highest BCUT2D eigenvalue weighted by Gasteiger charge is 2.49. The van der Waals surface area contributed by atoms with Crippen LogP contribution >= 0.6 is 0 Å². The van der Waals surface area contributed by atoms with Crippen LogP contribution in [-0.4, -0.2) is 31.3 Å². The summed E-state index contributed by atoms with van der Waals surface area (Å²) in [6.07, 6.45) is 3.69. The number of aliphatic imine (C=N–C) groups is 1. The standard InChI is InChI=1S/C15H31N3O/c1-6-7-8-19-13-9-12(15(13,4)5)18-14(16)17-10-11(2)3/h11-13H,6-10H2,1-5H3,(H3,16,17,18). The third kappa shape index (κ3) is 4.68. The van der Waals surface area contributed by atoms with Gasteiger partial charge in [0.25, 0.3) is 0 Å². The summed E-state index contributed by atoms with van der Waals surface area (Å²) in [5, 5.41) is 3.33. The van der Waals surface area contributed by atoms with E-state index in [1.54, 1.807) is 0 Å². The zero-order chi connectivity index (χ0) is 14.5. The molecule has 4 nitrogen and oxygen atoms in total. The number of rotatable bonds is 7. The van der Waals surface area contributed by atoms with Crippen molar-refractivity contribution in [3.05, 3.63) is 0 Å². The molecule has 1 fully saturated rings. The van der Waals surface area contributed by atoms with E-state index in [1.165, 1.54) is 6.42 Å². The van der Waals surface area contributed by atoms with Crippen LogP contribution in [0.5, 0.6) is 0 Å².